The SMILES string of the molecule is C=CCN1CC[C@@H]1C(=O)O. The molecule has 3 heteroatoms. The van der Waals surface area contributed by atoms with Gasteiger partial charge in [-0.3, -0.25) is 9.69 Å². The maximum atomic E-state index is 10.4. The van der Waals surface area contributed by atoms with Crippen LogP contribution in [0.2, 0.25) is 0 Å². The van der Waals surface area contributed by atoms with Gasteiger partial charge in [-0.05, 0) is 6.42 Å². The first-order chi connectivity index (χ1) is 4.75. The smallest absolute Gasteiger partial charge is 0.320 e. The van der Waals surface area contributed by atoms with E-state index in [1.54, 1.807) is 6.08 Å². The first-order valence-electron chi connectivity index (χ1n) is 3.33. The Kier molecular flexibility index (Phi) is 2.06. The van der Waals surface area contributed by atoms with Crippen LogP contribution in [0.1, 0.15) is 6.42 Å². The largest absolute Gasteiger partial charge is 0.480 e. The zero-order valence-electron chi connectivity index (χ0n) is 5.79. The third-order valence-electron chi connectivity index (χ3n) is 1.78. The highest BCUT2D eigenvalue weighted by Crippen LogP contribution is 2.16. The second kappa shape index (κ2) is 2.84. The highest BCUT2D eigenvalue weighted by molar-refractivity contribution is 5.74. The summed E-state index contributed by atoms with van der Waals surface area (Å²) in [6.45, 7) is 5.12. The quantitative estimate of drug-likeness (QED) is 0.576. The molecule has 1 fully saturated rings. The van der Waals surface area contributed by atoms with Gasteiger partial charge >= 0.3 is 5.97 Å². The van der Waals surface area contributed by atoms with E-state index in [1.165, 1.54) is 0 Å². The zero-order valence-corrected chi connectivity index (χ0v) is 5.79. The number of carboxylic acids is 1. The molecule has 0 aromatic heterocycles. The van der Waals surface area contributed by atoms with Crippen molar-refractivity contribution >= 4 is 5.97 Å². The molecule has 0 unspecified atom stereocenters. The molecule has 1 N–H and O–H groups in total. The van der Waals surface area contributed by atoms with Gasteiger partial charge in [-0.1, -0.05) is 6.08 Å². The van der Waals surface area contributed by atoms with Crippen molar-refractivity contribution < 1.29 is 9.90 Å². The van der Waals surface area contributed by atoms with Crippen LogP contribution >= 0.6 is 0 Å². The van der Waals surface area contributed by atoms with Crippen LogP contribution < -0.4 is 0 Å². The number of rotatable bonds is 3. The lowest BCUT2D eigenvalue weighted by Crippen LogP contribution is -2.52. The molecular weight excluding hydrogens is 130 g/mol. The number of likely N-dealkylation sites (tertiary alicyclic amines) is 1. The van der Waals surface area contributed by atoms with Gasteiger partial charge < -0.3 is 5.11 Å². The normalized spacial score (nSPS) is 25.4. The Morgan fingerprint density at radius 3 is 2.90 bits per heavy atom. The minimum absolute atomic E-state index is 0.252. The molecule has 1 aliphatic rings. The van der Waals surface area contributed by atoms with Gasteiger partial charge in [0.05, 0.1) is 0 Å². The molecule has 0 aromatic rings. The van der Waals surface area contributed by atoms with E-state index >= 15 is 0 Å². The highest BCUT2D eigenvalue weighted by Gasteiger charge is 2.32. The lowest BCUT2D eigenvalue weighted by atomic mass is 10.0. The number of hydrogen-bond donors (Lipinski definition) is 1. The molecule has 0 aromatic carbocycles. The van der Waals surface area contributed by atoms with Crippen LogP contribution in [-0.4, -0.2) is 35.1 Å². The van der Waals surface area contributed by atoms with Crippen molar-refractivity contribution in [2.24, 2.45) is 0 Å². The first kappa shape index (κ1) is 7.28. The van der Waals surface area contributed by atoms with Crippen molar-refractivity contribution in [1.29, 1.82) is 0 Å². The Hall–Kier alpha value is -0.830. The second-order valence-electron chi connectivity index (χ2n) is 2.43. The molecule has 1 rings (SSSR count). The average molecular weight is 141 g/mol. The van der Waals surface area contributed by atoms with E-state index in [1.807, 2.05) is 4.90 Å². The van der Waals surface area contributed by atoms with Crippen molar-refractivity contribution in [3.05, 3.63) is 12.7 Å². The van der Waals surface area contributed by atoms with Crippen LogP contribution in [0.3, 0.4) is 0 Å². The second-order valence-corrected chi connectivity index (χ2v) is 2.43. The van der Waals surface area contributed by atoms with Crippen molar-refractivity contribution in [2.45, 2.75) is 12.5 Å². The monoisotopic (exact) mass is 141 g/mol. The standard InChI is InChI=1S/C7H11NO2/c1-2-4-8-5-3-6(8)7(9)10/h2,6H,1,3-5H2,(H,9,10)/t6-/m1/s1. The maximum absolute atomic E-state index is 10.4. The van der Waals surface area contributed by atoms with Crippen LogP contribution in [0.5, 0.6) is 0 Å². The van der Waals surface area contributed by atoms with Crippen LogP contribution in [0.25, 0.3) is 0 Å². The summed E-state index contributed by atoms with van der Waals surface area (Å²) >= 11 is 0. The molecule has 56 valence electrons. The third-order valence-corrected chi connectivity index (χ3v) is 1.78. The Morgan fingerprint density at radius 2 is 2.60 bits per heavy atom. The minimum Gasteiger partial charge on any atom is -0.480 e. The maximum Gasteiger partial charge on any atom is 0.320 e. The molecule has 0 radical (unpaired) electrons. The van der Waals surface area contributed by atoms with Crippen LogP contribution in [0.4, 0.5) is 0 Å². The number of hydrogen-bond acceptors (Lipinski definition) is 2. The zero-order chi connectivity index (χ0) is 7.56. The summed E-state index contributed by atoms with van der Waals surface area (Å²) in [7, 11) is 0. The van der Waals surface area contributed by atoms with E-state index in [-0.39, 0.29) is 6.04 Å². The van der Waals surface area contributed by atoms with Gasteiger partial charge in [0.25, 0.3) is 0 Å². The molecule has 1 atom stereocenters. The number of nitrogens with zero attached hydrogens (tertiary/aromatic N) is 1. The fraction of sp³-hybridized carbons (Fsp3) is 0.571. The van der Waals surface area contributed by atoms with E-state index in [0.29, 0.717) is 6.54 Å². The molecule has 0 amide bonds. The molecule has 1 aliphatic heterocycles. The van der Waals surface area contributed by atoms with E-state index in [0.717, 1.165) is 13.0 Å². The number of carbonyl (C=O) groups is 1. The van der Waals surface area contributed by atoms with Gasteiger partial charge in [-0.25, -0.2) is 0 Å². The van der Waals surface area contributed by atoms with Crippen LogP contribution in [-0.2, 0) is 4.79 Å². The summed E-state index contributed by atoms with van der Waals surface area (Å²) in [4.78, 5) is 12.3. The Bertz CT molecular complexity index is 156. The summed E-state index contributed by atoms with van der Waals surface area (Å²) in [6.07, 6.45) is 2.51. The average Bonchev–Trinajstić information content (AvgIpc) is 1.78. The highest BCUT2D eigenvalue weighted by atomic mass is 16.4. The summed E-state index contributed by atoms with van der Waals surface area (Å²) in [5, 5.41) is 8.55. The fourth-order valence-electron chi connectivity index (χ4n) is 1.10. The van der Waals surface area contributed by atoms with Crippen molar-refractivity contribution in [1.82, 2.24) is 4.90 Å². The predicted octanol–water partition coefficient (Wildman–Crippen LogP) is 0.331. The fourth-order valence-corrected chi connectivity index (χ4v) is 1.10. The molecule has 1 saturated heterocycles. The van der Waals surface area contributed by atoms with E-state index in [4.69, 9.17) is 5.11 Å². The lowest BCUT2D eigenvalue weighted by molar-refractivity contribution is -0.147. The molecule has 0 bridgehead atoms. The van der Waals surface area contributed by atoms with Crippen molar-refractivity contribution in [3.8, 4) is 0 Å². The van der Waals surface area contributed by atoms with Crippen molar-refractivity contribution in [2.75, 3.05) is 13.1 Å². The first-order valence-corrected chi connectivity index (χ1v) is 3.33. The van der Waals surface area contributed by atoms with E-state index in [2.05, 4.69) is 6.58 Å². The summed E-state index contributed by atoms with van der Waals surface area (Å²) in [6, 6.07) is -0.252. The van der Waals surface area contributed by atoms with Crippen molar-refractivity contribution in [3.63, 3.8) is 0 Å². The Morgan fingerprint density at radius 1 is 1.90 bits per heavy atom. The van der Waals surface area contributed by atoms with Gasteiger partial charge in [0.1, 0.15) is 6.04 Å². The summed E-state index contributed by atoms with van der Waals surface area (Å²) < 4.78 is 0. The van der Waals surface area contributed by atoms with Gasteiger partial charge in [-0.15, -0.1) is 6.58 Å². The Labute approximate surface area is 59.9 Å². The molecule has 0 spiro atoms. The molecule has 10 heavy (non-hydrogen) atoms. The lowest BCUT2D eigenvalue weighted by Gasteiger charge is -2.36. The van der Waals surface area contributed by atoms with Gasteiger partial charge in [0.2, 0.25) is 0 Å². The molecule has 3 nitrogen and oxygen atoms in total. The topological polar surface area (TPSA) is 40.5 Å². The predicted molar refractivity (Wildman–Crippen MR) is 37.8 cm³/mol. The van der Waals surface area contributed by atoms with Crippen LogP contribution in [0, 0.1) is 0 Å². The molecule has 0 aliphatic carbocycles. The van der Waals surface area contributed by atoms with E-state index in [9.17, 15) is 4.79 Å². The summed E-state index contributed by atoms with van der Waals surface area (Å²) in [5.41, 5.74) is 0. The summed E-state index contributed by atoms with van der Waals surface area (Å²) in [5.74, 6) is -0.715. The van der Waals surface area contributed by atoms with Crippen LogP contribution in [0.15, 0.2) is 12.7 Å². The van der Waals surface area contributed by atoms with Gasteiger partial charge in [-0.2, -0.15) is 0 Å². The molecular formula is C7H11NO2. The number of carboxylic acid groups (broad SMARTS) is 1. The number of aliphatic carboxylic acids is 1. The van der Waals surface area contributed by atoms with Gasteiger partial charge in [0, 0.05) is 13.1 Å². The van der Waals surface area contributed by atoms with Gasteiger partial charge in [0.15, 0.2) is 0 Å². The minimum atomic E-state index is -0.715. The van der Waals surface area contributed by atoms with E-state index < -0.39 is 5.97 Å². The molecule has 0 saturated carbocycles. The third kappa shape index (κ3) is 1.19. The molecule has 1 heterocycles. The Balaban J connectivity index is 2.35.